The van der Waals surface area contributed by atoms with Crippen molar-refractivity contribution in [1.29, 1.82) is 0 Å². The number of fused-ring (bicyclic) bond motifs is 1. The molecule has 3 aromatic rings. The summed E-state index contributed by atoms with van der Waals surface area (Å²) in [6.07, 6.45) is 8.34. The van der Waals surface area contributed by atoms with E-state index >= 15 is 0 Å². The summed E-state index contributed by atoms with van der Waals surface area (Å²) in [6, 6.07) is 8.45. The number of guanidine groups is 1. The van der Waals surface area contributed by atoms with Gasteiger partial charge in [-0.15, -0.1) is 24.0 Å². The maximum absolute atomic E-state index is 4.91. The van der Waals surface area contributed by atoms with E-state index in [2.05, 4.69) is 63.9 Å². The summed E-state index contributed by atoms with van der Waals surface area (Å²) in [5.41, 5.74) is 3.86. The Labute approximate surface area is 183 Å². The lowest BCUT2D eigenvalue weighted by molar-refractivity contribution is 0.486. The van der Waals surface area contributed by atoms with Crippen LogP contribution in [0.2, 0.25) is 0 Å². The molecule has 1 fully saturated rings. The quantitative estimate of drug-likeness (QED) is 0.326. The lowest BCUT2D eigenvalue weighted by Gasteiger charge is -2.21. The summed E-state index contributed by atoms with van der Waals surface area (Å²) in [7, 11) is 1.98. The average molecular weight is 492 g/mol. The van der Waals surface area contributed by atoms with Crippen LogP contribution in [0.15, 0.2) is 47.8 Å². The molecule has 1 aliphatic rings. The molecule has 1 aliphatic heterocycles. The number of hydrogen-bond donors (Lipinski definition) is 2. The number of rotatable bonds is 5. The van der Waals surface area contributed by atoms with Crippen LogP contribution in [0.4, 0.5) is 0 Å². The van der Waals surface area contributed by atoms with E-state index in [-0.39, 0.29) is 24.0 Å². The second-order valence-electron chi connectivity index (χ2n) is 7.22. The van der Waals surface area contributed by atoms with Crippen LogP contribution in [0.1, 0.15) is 30.4 Å². The fourth-order valence-electron chi connectivity index (χ4n) is 3.92. The smallest absolute Gasteiger partial charge is 0.193 e. The SMILES string of the molecule is CCNC(=NCCc1c[nH]c2ccccc12)N1CCC(c2cnn(C)c2)C1.I. The highest BCUT2D eigenvalue weighted by molar-refractivity contribution is 14.0. The molecule has 0 aliphatic carbocycles. The maximum atomic E-state index is 4.91. The van der Waals surface area contributed by atoms with Gasteiger partial charge in [-0.05, 0) is 37.0 Å². The molecule has 0 radical (unpaired) electrons. The van der Waals surface area contributed by atoms with Gasteiger partial charge in [0.2, 0.25) is 0 Å². The minimum absolute atomic E-state index is 0. The Morgan fingerprint density at radius 1 is 1.36 bits per heavy atom. The Bertz CT molecular complexity index is 928. The number of aliphatic imine (C=N–C) groups is 1. The van der Waals surface area contributed by atoms with Crippen LogP contribution in [0.5, 0.6) is 0 Å². The Morgan fingerprint density at radius 2 is 2.21 bits per heavy atom. The molecule has 150 valence electrons. The van der Waals surface area contributed by atoms with Crippen molar-refractivity contribution in [1.82, 2.24) is 25.0 Å². The predicted molar refractivity (Wildman–Crippen MR) is 126 cm³/mol. The number of hydrogen-bond acceptors (Lipinski definition) is 2. The lowest BCUT2D eigenvalue weighted by atomic mass is 10.0. The van der Waals surface area contributed by atoms with Gasteiger partial charge < -0.3 is 15.2 Å². The number of para-hydroxylation sites is 1. The first-order chi connectivity index (χ1) is 13.2. The van der Waals surface area contributed by atoms with Crippen molar-refractivity contribution in [3.8, 4) is 0 Å². The first kappa shape index (κ1) is 20.7. The van der Waals surface area contributed by atoms with Gasteiger partial charge in [0.15, 0.2) is 5.96 Å². The zero-order valence-corrected chi connectivity index (χ0v) is 18.9. The molecule has 4 rings (SSSR count). The van der Waals surface area contributed by atoms with Gasteiger partial charge in [-0.2, -0.15) is 5.10 Å². The van der Waals surface area contributed by atoms with Gasteiger partial charge in [-0.3, -0.25) is 9.67 Å². The van der Waals surface area contributed by atoms with Crippen molar-refractivity contribution in [2.24, 2.45) is 12.0 Å². The topological polar surface area (TPSA) is 61.2 Å². The second-order valence-corrected chi connectivity index (χ2v) is 7.22. The van der Waals surface area contributed by atoms with E-state index < -0.39 is 0 Å². The third-order valence-corrected chi connectivity index (χ3v) is 5.34. The van der Waals surface area contributed by atoms with E-state index in [0.717, 1.165) is 45.0 Å². The fourth-order valence-corrected chi connectivity index (χ4v) is 3.92. The van der Waals surface area contributed by atoms with Crippen molar-refractivity contribution in [3.63, 3.8) is 0 Å². The summed E-state index contributed by atoms with van der Waals surface area (Å²) in [5, 5.41) is 9.09. The van der Waals surface area contributed by atoms with Crippen LogP contribution in [0.3, 0.4) is 0 Å². The highest BCUT2D eigenvalue weighted by Gasteiger charge is 2.26. The van der Waals surface area contributed by atoms with E-state index in [9.17, 15) is 0 Å². The van der Waals surface area contributed by atoms with Crippen molar-refractivity contribution in [3.05, 3.63) is 54.0 Å². The summed E-state index contributed by atoms with van der Waals surface area (Å²) < 4.78 is 1.89. The highest BCUT2D eigenvalue weighted by atomic mass is 127. The molecule has 1 atom stereocenters. The van der Waals surface area contributed by atoms with E-state index in [1.165, 1.54) is 22.0 Å². The summed E-state index contributed by atoms with van der Waals surface area (Å²) in [5.74, 6) is 1.57. The fraction of sp³-hybridized carbons (Fsp3) is 0.429. The van der Waals surface area contributed by atoms with E-state index in [0.29, 0.717) is 5.92 Å². The molecule has 0 bridgehead atoms. The molecular weight excluding hydrogens is 463 g/mol. The normalized spacial score (nSPS) is 17.1. The second kappa shape index (κ2) is 9.45. The van der Waals surface area contributed by atoms with Crippen LogP contribution < -0.4 is 5.32 Å². The Balaban J connectivity index is 0.00000225. The number of aromatic nitrogens is 3. The molecule has 28 heavy (non-hydrogen) atoms. The molecule has 2 aromatic heterocycles. The third-order valence-electron chi connectivity index (χ3n) is 5.34. The molecule has 7 heteroatoms. The number of nitrogens with one attached hydrogen (secondary N) is 2. The number of aromatic amines is 1. The number of likely N-dealkylation sites (tertiary alicyclic amines) is 1. The highest BCUT2D eigenvalue weighted by Crippen LogP contribution is 2.26. The Morgan fingerprint density at radius 3 is 3.00 bits per heavy atom. The summed E-state index contributed by atoms with van der Waals surface area (Å²) in [6.45, 7) is 5.85. The number of halogens is 1. The largest absolute Gasteiger partial charge is 0.361 e. The third kappa shape index (κ3) is 4.51. The van der Waals surface area contributed by atoms with Crippen LogP contribution in [-0.2, 0) is 13.5 Å². The average Bonchev–Trinajstić information content (AvgIpc) is 3.40. The minimum Gasteiger partial charge on any atom is -0.361 e. The van der Waals surface area contributed by atoms with Crippen molar-refractivity contribution in [2.45, 2.75) is 25.7 Å². The molecule has 3 heterocycles. The van der Waals surface area contributed by atoms with Gasteiger partial charge >= 0.3 is 0 Å². The van der Waals surface area contributed by atoms with Gasteiger partial charge in [0.1, 0.15) is 0 Å². The predicted octanol–water partition coefficient (Wildman–Crippen LogP) is 3.52. The molecule has 6 nitrogen and oxygen atoms in total. The first-order valence-corrected chi connectivity index (χ1v) is 9.81. The van der Waals surface area contributed by atoms with Gasteiger partial charge in [-0.25, -0.2) is 0 Å². The molecule has 1 aromatic carbocycles. The number of benzene rings is 1. The standard InChI is InChI=1S/C21H28N6.HI/c1-3-22-21(27-11-9-17(15-27)18-13-25-26(2)14-18)23-10-8-16-12-24-20-7-5-4-6-19(16)20;/h4-7,12-14,17,24H,3,8-11,15H2,1-2H3,(H,22,23);1H. The van der Waals surface area contributed by atoms with Crippen LogP contribution >= 0.6 is 24.0 Å². The van der Waals surface area contributed by atoms with Gasteiger partial charge in [0.05, 0.1) is 6.20 Å². The van der Waals surface area contributed by atoms with E-state index in [1.807, 2.05) is 17.9 Å². The van der Waals surface area contributed by atoms with E-state index in [4.69, 9.17) is 4.99 Å². The number of H-pyrrole nitrogens is 1. The lowest BCUT2D eigenvalue weighted by Crippen LogP contribution is -2.40. The molecule has 0 amide bonds. The van der Waals surface area contributed by atoms with Crippen molar-refractivity contribution >= 4 is 40.8 Å². The molecule has 0 saturated carbocycles. The Kier molecular flexibility index (Phi) is 6.98. The summed E-state index contributed by atoms with van der Waals surface area (Å²) in [4.78, 5) is 10.6. The number of nitrogens with zero attached hydrogens (tertiary/aromatic N) is 4. The molecular formula is C21H29IN6. The van der Waals surface area contributed by atoms with Crippen molar-refractivity contribution < 1.29 is 0 Å². The monoisotopic (exact) mass is 492 g/mol. The zero-order chi connectivity index (χ0) is 18.6. The van der Waals surface area contributed by atoms with Crippen LogP contribution in [0.25, 0.3) is 10.9 Å². The van der Waals surface area contributed by atoms with Crippen LogP contribution in [0, 0.1) is 0 Å². The summed E-state index contributed by atoms with van der Waals surface area (Å²) >= 11 is 0. The van der Waals surface area contributed by atoms with Gasteiger partial charge in [0.25, 0.3) is 0 Å². The van der Waals surface area contributed by atoms with Gasteiger partial charge in [0, 0.05) is 62.4 Å². The van der Waals surface area contributed by atoms with Gasteiger partial charge in [-0.1, -0.05) is 18.2 Å². The number of aryl methyl sites for hydroxylation is 1. The van der Waals surface area contributed by atoms with Crippen molar-refractivity contribution in [2.75, 3.05) is 26.2 Å². The first-order valence-electron chi connectivity index (χ1n) is 9.81. The Hall–Kier alpha value is -2.03. The molecule has 0 spiro atoms. The van der Waals surface area contributed by atoms with E-state index in [1.54, 1.807) is 0 Å². The molecule has 1 saturated heterocycles. The molecule has 1 unspecified atom stereocenters. The van der Waals surface area contributed by atoms with Crippen LogP contribution in [-0.4, -0.2) is 51.8 Å². The maximum Gasteiger partial charge on any atom is 0.193 e. The minimum atomic E-state index is 0. The molecule has 2 N–H and O–H groups in total. The zero-order valence-electron chi connectivity index (χ0n) is 16.6.